The van der Waals surface area contributed by atoms with Gasteiger partial charge in [0, 0.05) is 24.5 Å². The number of nitrogens with zero attached hydrogens (tertiary/aromatic N) is 1. The maximum atomic E-state index is 5.04. The molecule has 0 aliphatic heterocycles. The predicted octanol–water partition coefficient (Wildman–Crippen LogP) is 3.05. The van der Waals surface area contributed by atoms with Crippen molar-refractivity contribution in [3.63, 3.8) is 0 Å². The van der Waals surface area contributed by atoms with E-state index in [1.54, 1.807) is 7.11 Å². The van der Waals surface area contributed by atoms with Gasteiger partial charge >= 0.3 is 0 Å². The Bertz CT molecular complexity index is 460. The van der Waals surface area contributed by atoms with E-state index in [0.717, 1.165) is 18.5 Å². The van der Waals surface area contributed by atoms with Gasteiger partial charge in [-0.3, -0.25) is 0 Å². The van der Waals surface area contributed by atoms with Crippen LogP contribution in [-0.4, -0.2) is 12.1 Å². The van der Waals surface area contributed by atoms with Crippen LogP contribution in [0.25, 0.3) is 0 Å². The third-order valence-corrected chi connectivity index (χ3v) is 3.01. The van der Waals surface area contributed by atoms with E-state index < -0.39 is 0 Å². The lowest BCUT2D eigenvalue weighted by molar-refractivity contribution is 0.397. The molecule has 1 atom stereocenters. The fourth-order valence-electron chi connectivity index (χ4n) is 2.20. The third-order valence-electron chi connectivity index (χ3n) is 3.01. The number of pyridine rings is 1. The molecule has 96 valence electrons. The largest absolute Gasteiger partial charge is 0.481 e. The summed E-state index contributed by atoms with van der Waals surface area (Å²) < 4.78 is 5.04. The Morgan fingerprint density at radius 3 is 2.89 bits per heavy atom. The molecule has 1 heterocycles. The van der Waals surface area contributed by atoms with Crippen molar-refractivity contribution in [3.8, 4) is 5.88 Å². The summed E-state index contributed by atoms with van der Waals surface area (Å²) in [7, 11) is 1.63. The highest BCUT2D eigenvalue weighted by Crippen LogP contribution is 2.20. The van der Waals surface area contributed by atoms with Gasteiger partial charge in [0.1, 0.15) is 0 Å². The summed E-state index contributed by atoms with van der Waals surface area (Å²) in [5.41, 5.74) is 3.79. The smallest absolute Gasteiger partial charge is 0.212 e. The first-order valence-electron chi connectivity index (χ1n) is 6.29. The highest BCUT2D eigenvalue weighted by atomic mass is 16.5. The van der Waals surface area contributed by atoms with E-state index in [2.05, 4.69) is 36.3 Å². The molecule has 1 aliphatic rings. The number of allylic oxidation sites excluding steroid dienone is 3. The summed E-state index contributed by atoms with van der Waals surface area (Å²) in [6.45, 7) is 5.21. The highest BCUT2D eigenvalue weighted by molar-refractivity contribution is 5.27. The number of hydrogen-bond acceptors (Lipinski definition) is 3. The average molecular weight is 244 g/mol. The maximum Gasteiger partial charge on any atom is 0.212 e. The van der Waals surface area contributed by atoms with Gasteiger partial charge in [0.05, 0.1) is 7.11 Å². The van der Waals surface area contributed by atoms with Crippen LogP contribution < -0.4 is 10.1 Å². The molecule has 0 spiro atoms. The number of nitrogens with one attached hydrogen (secondary N) is 1. The van der Waals surface area contributed by atoms with Gasteiger partial charge in [-0.1, -0.05) is 24.6 Å². The standard InChI is InChI=1S/C15H20N2O/c1-11-6-12(2)8-14(7-11)16-9-13-4-5-15(18-3)17-10-13/h4-5,7-8,10-11,16H,6,9H2,1-3H3. The molecule has 0 fully saturated rings. The Labute approximate surface area is 109 Å². The Kier molecular flexibility index (Phi) is 4.03. The van der Waals surface area contributed by atoms with Crippen molar-refractivity contribution in [3.05, 3.63) is 47.3 Å². The number of aromatic nitrogens is 1. The van der Waals surface area contributed by atoms with Crippen LogP contribution in [0.2, 0.25) is 0 Å². The molecule has 0 amide bonds. The molecule has 1 aromatic rings. The van der Waals surface area contributed by atoms with Gasteiger partial charge in [0.2, 0.25) is 5.88 Å². The first-order valence-corrected chi connectivity index (χ1v) is 6.29. The Balaban J connectivity index is 1.95. The minimum Gasteiger partial charge on any atom is -0.481 e. The first-order chi connectivity index (χ1) is 8.67. The van der Waals surface area contributed by atoms with Gasteiger partial charge < -0.3 is 10.1 Å². The van der Waals surface area contributed by atoms with Gasteiger partial charge in [0.15, 0.2) is 0 Å². The molecule has 1 unspecified atom stereocenters. The Hall–Kier alpha value is -1.77. The molecular formula is C15H20N2O. The number of ether oxygens (including phenoxy) is 1. The molecule has 1 aliphatic carbocycles. The van der Waals surface area contributed by atoms with Crippen molar-refractivity contribution in [2.45, 2.75) is 26.8 Å². The van der Waals surface area contributed by atoms with Gasteiger partial charge in [-0.05, 0) is 30.9 Å². The first kappa shape index (κ1) is 12.7. The minimum absolute atomic E-state index is 0.617. The summed E-state index contributed by atoms with van der Waals surface area (Å²) in [6.07, 6.45) is 7.51. The second kappa shape index (κ2) is 5.71. The van der Waals surface area contributed by atoms with Crippen LogP contribution in [0.5, 0.6) is 5.88 Å². The molecule has 0 bridgehead atoms. The third kappa shape index (κ3) is 3.36. The SMILES string of the molecule is COc1ccc(CNC2=CC(C)CC(C)=C2)cn1. The summed E-state index contributed by atoms with van der Waals surface area (Å²) in [4.78, 5) is 4.19. The van der Waals surface area contributed by atoms with Gasteiger partial charge in [-0.2, -0.15) is 0 Å². The van der Waals surface area contributed by atoms with Crippen molar-refractivity contribution in [1.29, 1.82) is 0 Å². The molecule has 18 heavy (non-hydrogen) atoms. The van der Waals surface area contributed by atoms with E-state index in [9.17, 15) is 0 Å². The molecule has 0 radical (unpaired) electrons. The van der Waals surface area contributed by atoms with E-state index >= 15 is 0 Å². The number of hydrogen-bond donors (Lipinski definition) is 1. The topological polar surface area (TPSA) is 34.1 Å². The van der Waals surface area contributed by atoms with Crippen molar-refractivity contribution in [2.75, 3.05) is 7.11 Å². The van der Waals surface area contributed by atoms with Gasteiger partial charge in [0.25, 0.3) is 0 Å². The van der Waals surface area contributed by atoms with E-state index in [1.807, 2.05) is 18.3 Å². The summed E-state index contributed by atoms with van der Waals surface area (Å²) >= 11 is 0. The average Bonchev–Trinajstić information content (AvgIpc) is 2.36. The van der Waals surface area contributed by atoms with E-state index in [-0.39, 0.29) is 0 Å². The summed E-state index contributed by atoms with van der Waals surface area (Å²) in [6, 6.07) is 3.91. The van der Waals surface area contributed by atoms with Crippen molar-refractivity contribution >= 4 is 0 Å². The fraction of sp³-hybridized carbons (Fsp3) is 0.400. The monoisotopic (exact) mass is 244 g/mol. The van der Waals surface area contributed by atoms with Crippen LogP contribution in [0.15, 0.2) is 41.8 Å². The fourth-order valence-corrected chi connectivity index (χ4v) is 2.20. The lowest BCUT2D eigenvalue weighted by atomic mass is 9.95. The van der Waals surface area contributed by atoms with Crippen LogP contribution >= 0.6 is 0 Å². The van der Waals surface area contributed by atoms with E-state index in [4.69, 9.17) is 4.74 Å². The Morgan fingerprint density at radius 2 is 2.28 bits per heavy atom. The number of methoxy groups -OCH3 is 1. The lowest BCUT2D eigenvalue weighted by Crippen LogP contribution is -2.15. The molecule has 3 heteroatoms. The lowest BCUT2D eigenvalue weighted by Gasteiger charge is -2.17. The van der Waals surface area contributed by atoms with Crippen LogP contribution in [-0.2, 0) is 6.54 Å². The van der Waals surface area contributed by atoms with Crippen LogP contribution in [0, 0.1) is 5.92 Å². The molecule has 3 nitrogen and oxygen atoms in total. The van der Waals surface area contributed by atoms with Crippen LogP contribution in [0.4, 0.5) is 0 Å². The van der Waals surface area contributed by atoms with Gasteiger partial charge in [-0.15, -0.1) is 0 Å². The van der Waals surface area contributed by atoms with Crippen LogP contribution in [0.3, 0.4) is 0 Å². The molecule has 1 aromatic heterocycles. The zero-order chi connectivity index (χ0) is 13.0. The minimum atomic E-state index is 0.617. The second-order valence-corrected chi connectivity index (χ2v) is 4.86. The molecular weight excluding hydrogens is 224 g/mol. The maximum absolute atomic E-state index is 5.04. The quantitative estimate of drug-likeness (QED) is 0.884. The normalized spacial score (nSPS) is 18.9. The predicted molar refractivity (Wildman–Crippen MR) is 73.2 cm³/mol. The highest BCUT2D eigenvalue weighted by Gasteiger charge is 2.08. The van der Waals surface area contributed by atoms with Crippen molar-refractivity contribution in [1.82, 2.24) is 10.3 Å². The zero-order valence-electron chi connectivity index (χ0n) is 11.2. The molecule has 1 N–H and O–H groups in total. The summed E-state index contributed by atoms with van der Waals surface area (Å²) in [5, 5.41) is 3.44. The van der Waals surface area contributed by atoms with Crippen molar-refractivity contribution < 1.29 is 4.74 Å². The summed E-state index contributed by atoms with van der Waals surface area (Å²) in [5.74, 6) is 1.27. The Morgan fingerprint density at radius 1 is 1.44 bits per heavy atom. The van der Waals surface area contributed by atoms with Gasteiger partial charge in [-0.25, -0.2) is 4.98 Å². The molecule has 0 aromatic carbocycles. The molecule has 0 saturated heterocycles. The van der Waals surface area contributed by atoms with E-state index in [0.29, 0.717) is 11.8 Å². The molecule has 2 rings (SSSR count). The van der Waals surface area contributed by atoms with E-state index in [1.165, 1.54) is 11.3 Å². The second-order valence-electron chi connectivity index (χ2n) is 4.86. The number of rotatable bonds is 4. The van der Waals surface area contributed by atoms with Crippen molar-refractivity contribution in [2.24, 2.45) is 5.92 Å². The van der Waals surface area contributed by atoms with Crippen LogP contribution in [0.1, 0.15) is 25.8 Å². The molecule has 0 saturated carbocycles. The zero-order valence-corrected chi connectivity index (χ0v) is 11.2.